The van der Waals surface area contributed by atoms with Crippen molar-refractivity contribution in [3.63, 3.8) is 0 Å². The number of nitrogens with one attached hydrogen (secondary N) is 2. The van der Waals surface area contributed by atoms with Gasteiger partial charge in [-0.1, -0.05) is 12.8 Å². The van der Waals surface area contributed by atoms with Crippen LogP contribution >= 0.6 is 24.8 Å². The minimum Gasteiger partial charge on any atom is -0.354 e. The molecule has 0 aromatic rings. The number of carbonyl (C=O) groups is 1. The van der Waals surface area contributed by atoms with Crippen molar-refractivity contribution in [3.8, 4) is 0 Å². The van der Waals surface area contributed by atoms with Crippen LogP contribution < -0.4 is 10.6 Å². The number of piperidine rings is 1. The fourth-order valence-electron chi connectivity index (χ4n) is 4.16. The lowest BCUT2D eigenvalue weighted by molar-refractivity contribution is -0.123. The van der Waals surface area contributed by atoms with Crippen LogP contribution in [-0.4, -0.2) is 49.6 Å². The van der Waals surface area contributed by atoms with Crippen molar-refractivity contribution < 1.29 is 4.79 Å². The molecule has 2 aliphatic heterocycles. The first kappa shape index (κ1) is 20.0. The third kappa shape index (κ3) is 4.98. The van der Waals surface area contributed by atoms with Gasteiger partial charge in [0.25, 0.3) is 0 Å². The lowest BCUT2D eigenvalue weighted by Gasteiger charge is -2.29. The number of nitrogens with zero attached hydrogens (tertiary/aromatic N) is 1. The zero-order valence-electron chi connectivity index (χ0n) is 13.6. The first-order chi connectivity index (χ1) is 9.72. The van der Waals surface area contributed by atoms with Gasteiger partial charge in [0.05, 0.1) is 6.04 Å². The van der Waals surface area contributed by atoms with Gasteiger partial charge < -0.3 is 15.5 Å². The van der Waals surface area contributed by atoms with E-state index in [9.17, 15) is 4.79 Å². The van der Waals surface area contributed by atoms with E-state index >= 15 is 0 Å². The summed E-state index contributed by atoms with van der Waals surface area (Å²) in [7, 11) is 2.18. The summed E-state index contributed by atoms with van der Waals surface area (Å²) in [4.78, 5) is 14.7. The highest BCUT2D eigenvalue weighted by Gasteiger charge is 2.38. The van der Waals surface area contributed by atoms with E-state index in [4.69, 9.17) is 0 Å². The topological polar surface area (TPSA) is 44.4 Å². The zero-order valence-corrected chi connectivity index (χ0v) is 15.2. The first-order valence-electron chi connectivity index (χ1n) is 8.44. The molecule has 1 saturated carbocycles. The molecule has 3 aliphatic rings. The number of rotatable bonds is 3. The molecule has 2 N–H and O–H groups in total. The van der Waals surface area contributed by atoms with E-state index in [1.54, 1.807) is 0 Å². The van der Waals surface area contributed by atoms with E-state index < -0.39 is 0 Å². The molecule has 0 spiro atoms. The van der Waals surface area contributed by atoms with E-state index in [1.165, 1.54) is 51.6 Å². The van der Waals surface area contributed by atoms with Gasteiger partial charge in [-0.2, -0.15) is 0 Å². The van der Waals surface area contributed by atoms with Crippen LogP contribution in [0.25, 0.3) is 0 Å². The van der Waals surface area contributed by atoms with Crippen molar-refractivity contribution in [1.82, 2.24) is 15.5 Å². The van der Waals surface area contributed by atoms with Crippen LogP contribution in [0.2, 0.25) is 0 Å². The number of carbonyl (C=O) groups excluding carboxylic acids is 1. The van der Waals surface area contributed by atoms with Gasteiger partial charge in [0.15, 0.2) is 0 Å². The number of fused-ring (bicyclic) bond motifs is 1. The number of hydrogen-bond donors (Lipinski definition) is 2. The average Bonchev–Trinajstić information content (AvgIpc) is 2.90. The lowest BCUT2D eigenvalue weighted by Crippen LogP contribution is -2.45. The summed E-state index contributed by atoms with van der Waals surface area (Å²) < 4.78 is 0. The summed E-state index contributed by atoms with van der Waals surface area (Å²) in [5.74, 6) is 1.68. The van der Waals surface area contributed by atoms with E-state index in [2.05, 4.69) is 22.6 Å². The van der Waals surface area contributed by atoms with Crippen LogP contribution in [0, 0.1) is 11.8 Å². The van der Waals surface area contributed by atoms with E-state index in [0.29, 0.717) is 12.0 Å². The standard InChI is InChI=1S/C16H29N3O.2ClH/c1-19-8-6-12(7-9-19)11-17-16(20)15-10-13-4-2-3-5-14(13)18-15;;/h12-15,18H,2-11H2,1H3,(H,17,20);2*1H. The SMILES string of the molecule is CN1CCC(CNC(=O)C2CC3CCCCC3N2)CC1.Cl.Cl. The summed E-state index contributed by atoms with van der Waals surface area (Å²) >= 11 is 0. The van der Waals surface area contributed by atoms with Crippen LogP contribution in [0.3, 0.4) is 0 Å². The second-order valence-corrected chi connectivity index (χ2v) is 7.10. The van der Waals surface area contributed by atoms with Crippen LogP contribution in [0.5, 0.6) is 0 Å². The molecule has 0 aromatic heterocycles. The smallest absolute Gasteiger partial charge is 0.237 e. The fraction of sp³-hybridized carbons (Fsp3) is 0.938. The van der Waals surface area contributed by atoms with Crippen molar-refractivity contribution in [3.05, 3.63) is 0 Å². The minimum atomic E-state index is 0. The zero-order chi connectivity index (χ0) is 13.9. The minimum absolute atomic E-state index is 0. The lowest BCUT2D eigenvalue weighted by atomic mass is 9.85. The Morgan fingerprint density at radius 1 is 1.14 bits per heavy atom. The van der Waals surface area contributed by atoms with E-state index in [0.717, 1.165) is 18.9 Å². The van der Waals surface area contributed by atoms with Crippen molar-refractivity contribution in [2.45, 2.75) is 57.0 Å². The van der Waals surface area contributed by atoms with Crippen LogP contribution in [0.1, 0.15) is 44.9 Å². The fourth-order valence-corrected chi connectivity index (χ4v) is 4.16. The molecule has 22 heavy (non-hydrogen) atoms. The number of amides is 1. The third-order valence-electron chi connectivity index (χ3n) is 5.58. The maximum Gasteiger partial charge on any atom is 0.237 e. The molecule has 3 rings (SSSR count). The molecule has 0 radical (unpaired) electrons. The second kappa shape index (κ2) is 9.31. The maximum absolute atomic E-state index is 12.3. The Morgan fingerprint density at radius 2 is 1.82 bits per heavy atom. The van der Waals surface area contributed by atoms with Crippen LogP contribution in [0.4, 0.5) is 0 Å². The molecular formula is C16H31Cl2N3O. The third-order valence-corrected chi connectivity index (χ3v) is 5.58. The molecule has 3 atom stereocenters. The number of likely N-dealkylation sites (tertiary alicyclic amines) is 1. The summed E-state index contributed by atoms with van der Waals surface area (Å²) in [6.07, 6.45) is 8.77. The highest BCUT2D eigenvalue weighted by molar-refractivity contribution is 5.85. The summed E-state index contributed by atoms with van der Waals surface area (Å²) in [5.41, 5.74) is 0. The molecule has 2 saturated heterocycles. The highest BCUT2D eigenvalue weighted by atomic mass is 35.5. The molecule has 1 aliphatic carbocycles. The quantitative estimate of drug-likeness (QED) is 0.819. The average molecular weight is 352 g/mol. The molecule has 1 amide bonds. The van der Waals surface area contributed by atoms with Gasteiger partial charge in [-0.3, -0.25) is 4.79 Å². The monoisotopic (exact) mass is 351 g/mol. The van der Waals surface area contributed by atoms with Crippen LogP contribution in [-0.2, 0) is 4.79 Å². The van der Waals surface area contributed by atoms with Gasteiger partial charge in [-0.25, -0.2) is 0 Å². The Bertz CT molecular complexity index is 334. The van der Waals surface area contributed by atoms with Crippen molar-refractivity contribution >= 4 is 30.7 Å². The van der Waals surface area contributed by atoms with Gasteiger partial charge in [-0.15, -0.1) is 24.8 Å². The predicted octanol–water partition coefficient (Wildman–Crippen LogP) is 2.21. The summed E-state index contributed by atoms with van der Waals surface area (Å²) in [5, 5.41) is 6.77. The Morgan fingerprint density at radius 3 is 2.50 bits per heavy atom. The van der Waals surface area contributed by atoms with Crippen molar-refractivity contribution in [2.24, 2.45) is 11.8 Å². The second-order valence-electron chi connectivity index (χ2n) is 7.10. The number of hydrogen-bond acceptors (Lipinski definition) is 3. The Balaban J connectivity index is 0.00000121. The summed E-state index contributed by atoms with van der Waals surface area (Å²) in [6, 6.07) is 0.692. The van der Waals surface area contributed by atoms with E-state index in [-0.39, 0.29) is 36.8 Å². The Hall–Kier alpha value is -0.0300. The van der Waals surface area contributed by atoms with Gasteiger partial charge in [0, 0.05) is 12.6 Å². The van der Waals surface area contributed by atoms with Gasteiger partial charge in [0.1, 0.15) is 0 Å². The molecule has 0 aromatic carbocycles. The maximum atomic E-state index is 12.3. The molecule has 0 bridgehead atoms. The summed E-state index contributed by atoms with van der Waals surface area (Å²) in [6.45, 7) is 3.22. The first-order valence-corrected chi connectivity index (χ1v) is 8.44. The predicted molar refractivity (Wildman–Crippen MR) is 95.0 cm³/mol. The number of halogens is 2. The van der Waals surface area contributed by atoms with Gasteiger partial charge in [-0.05, 0) is 64.1 Å². The van der Waals surface area contributed by atoms with E-state index in [1.807, 2.05) is 0 Å². The molecule has 4 nitrogen and oxygen atoms in total. The van der Waals surface area contributed by atoms with Gasteiger partial charge >= 0.3 is 0 Å². The normalized spacial score (nSPS) is 32.5. The van der Waals surface area contributed by atoms with Crippen molar-refractivity contribution in [2.75, 3.05) is 26.7 Å². The Kier molecular flexibility index (Phi) is 8.47. The van der Waals surface area contributed by atoms with Crippen molar-refractivity contribution in [1.29, 1.82) is 0 Å². The molecule has 130 valence electrons. The molecular weight excluding hydrogens is 321 g/mol. The van der Waals surface area contributed by atoms with Crippen LogP contribution in [0.15, 0.2) is 0 Å². The largest absolute Gasteiger partial charge is 0.354 e. The molecule has 6 heteroatoms. The molecule has 3 unspecified atom stereocenters. The highest BCUT2D eigenvalue weighted by Crippen LogP contribution is 2.33. The molecule has 3 fully saturated rings. The Labute approximate surface area is 147 Å². The van der Waals surface area contributed by atoms with Gasteiger partial charge in [0.2, 0.25) is 5.91 Å². The molecule has 2 heterocycles.